The molecule has 144 valence electrons. The van der Waals surface area contributed by atoms with Gasteiger partial charge in [0.05, 0.1) is 24.4 Å². The molecule has 3 N–H and O–H groups in total. The highest BCUT2D eigenvalue weighted by molar-refractivity contribution is 5.82. The van der Waals surface area contributed by atoms with Crippen molar-refractivity contribution in [2.24, 2.45) is 0 Å². The number of hydrogen-bond acceptors (Lipinski definition) is 5. The van der Waals surface area contributed by atoms with E-state index in [2.05, 4.69) is 5.32 Å². The van der Waals surface area contributed by atoms with Crippen LogP contribution in [0.25, 0.3) is 28.1 Å². The van der Waals surface area contributed by atoms with E-state index in [-0.39, 0.29) is 13.2 Å². The van der Waals surface area contributed by atoms with E-state index in [1.165, 1.54) is 0 Å². The molecule has 0 fully saturated rings. The Hall–Kier alpha value is -2.93. The Bertz CT molecular complexity index is 1030. The quantitative estimate of drug-likeness (QED) is 0.461. The van der Waals surface area contributed by atoms with Gasteiger partial charge in [0.2, 0.25) is 0 Å². The average Bonchev–Trinajstić information content (AvgIpc) is 3.36. The Morgan fingerprint density at radius 2 is 1.75 bits per heavy atom. The van der Waals surface area contributed by atoms with Gasteiger partial charge in [-0.25, -0.2) is 4.68 Å². The van der Waals surface area contributed by atoms with Crippen LogP contribution >= 0.6 is 0 Å². The van der Waals surface area contributed by atoms with E-state index in [0.29, 0.717) is 12.3 Å². The summed E-state index contributed by atoms with van der Waals surface area (Å²) >= 11 is 0. The molecule has 0 radical (unpaired) electrons. The molecule has 4 aromatic rings. The lowest BCUT2D eigenvalue weighted by Gasteiger charge is -2.26. The highest BCUT2D eigenvalue weighted by Gasteiger charge is 2.23. The molecule has 0 amide bonds. The zero-order valence-electron chi connectivity index (χ0n) is 15.7. The van der Waals surface area contributed by atoms with Crippen LogP contribution < -0.4 is 5.32 Å². The topological polar surface area (TPSA) is 83.5 Å². The van der Waals surface area contributed by atoms with E-state index >= 15 is 0 Å². The summed E-state index contributed by atoms with van der Waals surface area (Å²) in [4.78, 5) is 0. The molecule has 0 aliphatic heterocycles. The molecule has 0 unspecified atom stereocenters. The Morgan fingerprint density at radius 1 is 1.04 bits per heavy atom. The van der Waals surface area contributed by atoms with Gasteiger partial charge in [0, 0.05) is 23.7 Å². The van der Waals surface area contributed by atoms with Crippen LogP contribution in [0.2, 0.25) is 0 Å². The first-order valence-corrected chi connectivity index (χ1v) is 9.21. The molecule has 2 heterocycles. The van der Waals surface area contributed by atoms with Gasteiger partial charge in [-0.05, 0) is 31.2 Å². The van der Waals surface area contributed by atoms with Crippen molar-refractivity contribution in [2.75, 3.05) is 13.2 Å². The highest BCUT2D eigenvalue weighted by atomic mass is 16.3. The third-order valence-corrected chi connectivity index (χ3v) is 4.87. The van der Waals surface area contributed by atoms with Crippen LogP contribution in [0.15, 0.2) is 71.3 Å². The number of aliphatic hydroxyl groups excluding tert-OH is 2. The van der Waals surface area contributed by atoms with Crippen molar-refractivity contribution >= 4 is 11.0 Å². The number of aromatic nitrogens is 2. The Morgan fingerprint density at radius 3 is 2.46 bits per heavy atom. The maximum atomic E-state index is 9.57. The van der Waals surface area contributed by atoms with E-state index in [4.69, 9.17) is 9.52 Å². The summed E-state index contributed by atoms with van der Waals surface area (Å²) < 4.78 is 7.84. The summed E-state index contributed by atoms with van der Waals surface area (Å²) in [7, 11) is 0. The molecular weight excluding hydrogens is 354 g/mol. The maximum absolute atomic E-state index is 9.57. The molecule has 0 atom stereocenters. The lowest BCUT2D eigenvalue weighted by atomic mass is 10.0. The van der Waals surface area contributed by atoms with Crippen molar-refractivity contribution in [1.29, 1.82) is 0 Å². The second-order valence-electron chi connectivity index (χ2n) is 7.16. The Labute approximate surface area is 163 Å². The average molecular weight is 377 g/mol. The van der Waals surface area contributed by atoms with Gasteiger partial charge in [-0.2, -0.15) is 5.10 Å². The van der Waals surface area contributed by atoms with E-state index in [9.17, 15) is 10.2 Å². The number of para-hydroxylation sites is 2. The fraction of sp³-hybridized carbons (Fsp3) is 0.227. The van der Waals surface area contributed by atoms with Gasteiger partial charge in [0.1, 0.15) is 11.3 Å². The molecule has 6 heteroatoms. The molecular formula is C22H23N3O3. The SMILES string of the molecule is CC(CO)(CO)NCc1cn(-c2ccccc2)nc1-c1cc2ccccc2o1. The van der Waals surface area contributed by atoms with Gasteiger partial charge in [-0.3, -0.25) is 0 Å². The number of furan rings is 1. The molecule has 28 heavy (non-hydrogen) atoms. The molecule has 2 aromatic heterocycles. The molecule has 6 nitrogen and oxygen atoms in total. The normalized spacial score (nSPS) is 12.0. The maximum Gasteiger partial charge on any atom is 0.156 e. The van der Waals surface area contributed by atoms with Crippen molar-refractivity contribution < 1.29 is 14.6 Å². The van der Waals surface area contributed by atoms with E-state index in [0.717, 1.165) is 27.9 Å². The third kappa shape index (κ3) is 3.57. The highest BCUT2D eigenvalue weighted by Crippen LogP contribution is 2.30. The van der Waals surface area contributed by atoms with Crippen molar-refractivity contribution in [3.05, 3.63) is 72.4 Å². The van der Waals surface area contributed by atoms with Crippen LogP contribution in [0.5, 0.6) is 0 Å². The van der Waals surface area contributed by atoms with Gasteiger partial charge in [-0.15, -0.1) is 0 Å². The number of aliphatic hydroxyl groups is 2. The van der Waals surface area contributed by atoms with Crippen LogP contribution in [0.3, 0.4) is 0 Å². The zero-order chi connectivity index (χ0) is 19.6. The van der Waals surface area contributed by atoms with Crippen LogP contribution in [-0.4, -0.2) is 38.7 Å². The van der Waals surface area contributed by atoms with Crippen molar-refractivity contribution in [2.45, 2.75) is 19.0 Å². The number of nitrogens with zero attached hydrogens (tertiary/aromatic N) is 2. The fourth-order valence-electron chi connectivity index (χ4n) is 3.03. The Balaban J connectivity index is 1.75. The van der Waals surface area contributed by atoms with Gasteiger partial charge in [0.15, 0.2) is 5.76 Å². The van der Waals surface area contributed by atoms with Gasteiger partial charge < -0.3 is 19.9 Å². The first-order chi connectivity index (χ1) is 13.6. The standard InChI is InChI=1S/C22H23N3O3/c1-22(14-26,15-27)23-12-17-13-25(18-8-3-2-4-9-18)24-21(17)20-11-16-7-5-6-10-19(16)28-20/h2-11,13,23,26-27H,12,14-15H2,1H3. The minimum atomic E-state index is -0.778. The smallest absolute Gasteiger partial charge is 0.156 e. The first-order valence-electron chi connectivity index (χ1n) is 9.21. The van der Waals surface area contributed by atoms with Gasteiger partial charge in [-0.1, -0.05) is 36.4 Å². The van der Waals surface area contributed by atoms with Crippen LogP contribution in [-0.2, 0) is 6.54 Å². The second kappa shape index (κ2) is 7.59. The lowest BCUT2D eigenvalue weighted by molar-refractivity contribution is 0.103. The predicted octanol–water partition coefficient (Wildman–Crippen LogP) is 3.12. The second-order valence-corrected chi connectivity index (χ2v) is 7.16. The predicted molar refractivity (Wildman–Crippen MR) is 108 cm³/mol. The molecule has 0 aliphatic rings. The Kier molecular flexibility index (Phi) is 5.00. The lowest BCUT2D eigenvalue weighted by Crippen LogP contribution is -2.48. The van der Waals surface area contributed by atoms with Crippen LogP contribution in [0.4, 0.5) is 0 Å². The summed E-state index contributed by atoms with van der Waals surface area (Å²) in [5.41, 5.74) is 2.61. The summed E-state index contributed by atoms with van der Waals surface area (Å²) in [6.45, 7) is 1.86. The van der Waals surface area contributed by atoms with Crippen molar-refractivity contribution in [1.82, 2.24) is 15.1 Å². The van der Waals surface area contributed by atoms with Gasteiger partial charge in [0.25, 0.3) is 0 Å². The monoisotopic (exact) mass is 377 g/mol. The molecule has 4 rings (SSSR count). The summed E-state index contributed by atoms with van der Waals surface area (Å²) in [5.74, 6) is 0.683. The van der Waals surface area contributed by atoms with Crippen molar-refractivity contribution in [3.63, 3.8) is 0 Å². The molecule has 2 aromatic carbocycles. The molecule has 0 saturated carbocycles. The zero-order valence-corrected chi connectivity index (χ0v) is 15.7. The minimum Gasteiger partial charge on any atom is -0.454 e. The fourth-order valence-corrected chi connectivity index (χ4v) is 3.03. The number of rotatable bonds is 7. The number of benzene rings is 2. The van der Waals surface area contributed by atoms with E-state index in [1.54, 1.807) is 6.92 Å². The third-order valence-electron chi connectivity index (χ3n) is 4.87. The van der Waals surface area contributed by atoms with Crippen molar-refractivity contribution in [3.8, 4) is 17.1 Å². The largest absolute Gasteiger partial charge is 0.454 e. The van der Waals surface area contributed by atoms with E-state index < -0.39 is 5.54 Å². The summed E-state index contributed by atoms with van der Waals surface area (Å²) in [5, 5.41) is 28.1. The van der Waals surface area contributed by atoms with Crippen LogP contribution in [0, 0.1) is 0 Å². The number of nitrogens with one attached hydrogen (secondary N) is 1. The molecule has 0 saturated heterocycles. The molecule has 0 spiro atoms. The summed E-state index contributed by atoms with van der Waals surface area (Å²) in [6, 6.07) is 19.7. The number of hydrogen-bond donors (Lipinski definition) is 3. The summed E-state index contributed by atoms with van der Waals surface area (Å²) in [6.07, 6.45) is 1.94. The van der Waals surface area contributed by atoms with E-state index in [1.807, 2.05) is 71.5 Å². The molecule has 0 bridgehead atoms. The van der Waals surface area contributed by atoms with Crippen LogP contribution in [0.1, 0.15) is 12.5 Å². The first kappa shape index (κ1) is 18.4. The minimum absolute atomic E-state index is 0.170. The number of fused-ring (bicyclic) bond motifs is 1. The van der Waals surface area contributed by atoms with Gasteiger partial charge >= 0.3 is 0 Å². The molecule has 0 aliphatic carbocycles.